The van der Waals surface area contributed by atoms with Crippen molar-refractivity contribution < 1.29 is 132 Å². The monoisotopic (exact) mass is 936 g/mol. The molecule has 3 aliphatic rings. The molecule has 0 unspecified atom stereocenters. The Hall–Kier alpha value is -0.686. The predicted octanol–water partition coefficient (Wildman–Crippen LogP) is 12.5. The van der Waals surface area contributed by atoms with Gasteiger partial charge in [0.2, 0.25) is 0 Å². The van der Waals surface area contributed by atoms with Gasteiger partial charge in [0.25, 0.3) is 0 Å². The number of alkyl halides is 24. The van der Waals surface area contributed by atoms with E-state index in [4.69, 9.17) is 0 Å². The van der Waals surface area contributed by atoms with E-state index in [0.717, 1.165) is 0 Å². The normalized spacial score (nSPS) is 31.0. The SMILES string of the molecule is C[Si](C)(C)C1P2(F)(OC(C(F)(F)F)(C(F)(F)F)C(C(F)(F)F)(C(F)(F)F)O2)C([Si](C)(C)C)P12(F)OC(C(F)(F)F)(C(F)(F)F)C(C(F)(F)F)(C(F)(F)F)O2. The third kappa shape index (κ3) is 4.99. The fourth-order valence-electron chi connectivity index (χ4n) is 8.08. The molecule has 0 saturated carbocycles. The molecule has 0 amide bonds. The maximum atomic E-state index is 18.3. The van der Waals surface area contributed by atoms with Crippen LogP contribution >= 0.6 is 14.7 Å². The molecule has 0 N–H and O–H groups in total. The summed E-state index contributed by atoms with van der Waals surface area (Å²) in [6.45, 7) is -0.788. The summed E-state index contributed by atoms with van der Waals surface area (Å²) in [5.74, 6) is 0. The van der Waals surface area contributed by atoms with Gasteiger partial charge in [-0.25, -0.2) is 0 Å². The molecule has 324 valence electrons. The van der Waals surface area contributed by atoms with Crippen molar-refractivity contribution in [3.8, 4) is 0 Å². The second-order valence-corrected chi connectivity index (χ2v) is 34.6. The van der Waals surface area contributed by atoms with Gasteiger partial charge in [0.15, 0.2) is 0 Å². The van der Waals surface area contributed by atoms with Crippen LogP contribution in [0.3, 0.4) is 0 Å². The van der Waals surface area contributed by atoms with Crippen molar-refractivity contribution in [3.63, 3.8) is 0 Å². The first-order chi connectivity index (χ1) is 22.7. The second kappa shape index (κ2) is 10.7. The van der Waals surface area contributed by atoms with Crippen LogP contribution in [0.2, 0.25) is 39.3 Å². The van der Waals surface area contributed by atoms with Gasteiger partial charge < -0.3 is 0 Å². The average molecular weight is 936 g/mol. The summed E-state index contributed by atoms with van der Waals surface area (Å²) in [6, 6.07) is 0. The summed E-state index contributed by atoms with van der Waals surface area (Å²) in [5, 5.41) is -10.5. The van der Waals surface area contributed by atoms with E-state index >= 15 is 8.39 Å². The van der Waals surface area contributed by atoms with Gasteiger partial charge in [-0.1, -0.05) is 0 Å². The van der Waals surface area contributed by atoms with Crippen molar-refractivity contribution in [1.82, 2.24) is 0 Å². The summed E-state index contributed by atoms with van der Waals surface area (Å²) in [7, 11) is -32.0. The zero-order valence-electron chi connectivity index (χ0n) is 26.5. The fourth-order valence-corrected chi connectivity index (χ4v) is 47.9. The molecule has 34 heteroatoms. The zero-order valence-corrected chi connectivity index (χ0v) is 30.3. The Kier molecular flexibility index (Phi) is 9.47. The molecule has 3 rings (SSSR count). The van der Waals surface area contributed by atoms with E-state index in [2.05, 4.69) is 18.1 Å². The van der Waals surface area contributed by atoms with E-state index in [9.17, 15) is 105 Å². The van der Waals surface area contributed by atoms with Crippen molar-refractivity contribution >= 4 is 30.9 Å². The summed E-state index contributed by atoms with van der Waals surface area (Å²) in [6.07, 6.45) is -67.3. The molecule has 0 aromatic carbocycles. The summed E-state index contributed by atoms with van der Waals surface area (Å²) in [5.41, 5.74) is -33.3. The molecule has 2 spiro atoms. The van der Waals surface area contributed by atoms with Crippen LogP contribution in [0.25, 0.3) is 0 Å². The van der Waals surface area contributed by atoms with E-state index in [-0.39, 0.29) is 39.3 Å². The molecule has 3 heterocycles. The molecular weight excluding hydrogens is 916 g/mol. The van der Waals surface area contributed by atoms with Crippen molar-refractivity contribution in [3.05, 3.63) is 0 Å². The summed E-state index contributed by atoms with van der Waals surface area (Å²) >= 11 is 0. The predicted molar refractivity (Wildman–Crippen MR) is 134 cm³/mol. The fraction of sp³-hybridized carbons (Fsp3) is 1.00. The molecule has 0 atom stereocenters. The van der Waals surface area contributed by atoms with Gasteiger partial charge in [-0.3, -0.25) is 0 Å². The van der Waals surface area contributed by atoms with Gasteiger partial charge in [0, 0.05) is 0 Å². The first-order valence-corrected chi connectivity index (χ1v) is 24.9. The van der Waals surface area contributed by atoms with Crippen molar-refractivity contribution in [2.24, 2.45) is 0 Å². The van der Waals surface area contributed by atoms with Gasteiger partial charge in [0.1, 0.15) is 0 Å². The minimum atomic E-state index is -10.0. The molecule has 0 aromatic heterocycles. The molecule has 0 aliphatic carbocycles. The van der Waals surface area contributed by atoms with E-state index in [1.807, 2.05) is 0 Å². The van der Waals surface area contributed by atoms with Gasteiger partial charge in [-0.2, -0.15) is 0 Å². The standard InChI is InChI=1S/C20H20F26O4P2Si2/c1-53(2,3)7-51(45,47-9(13(21,22)23,14(24,25)26)10(48-51,15(27,28)29)16(30,31)32)8(54(4,5)6)52(7,46)49-11(17(33,34)35,18(36,37)38)12(50-52,19(39,40)41)20(42,43)44/h7-8H,1-6H3. The van der Waals surface area contributed by atoms with Gasteiger partial charge in [-0.15, -0.1) is 0 Å². The number of hydrogen-bond donors (Lipinski definition) is 0. The van der Waals surface area contributed by atoms with Gasteiger partial charge in [0.05, 0.1) is 0 Å². The molecule has 0 aromatic rings. The molecule has 3 fully saturated rings. The molecule has 4 nitrogen and oxygen atoms in total. The van der Waals surface area contributed by atoms with Crippen molar-refractivity contribution in [2.45, 2.75) is 121 Å². The quantitative estimate of drug-likeness (QED) is 0.157. The Bertz CT molecular complexity index is 1270. The molecular formula is C20H20F26O4P2Si2. The van der Waals surface area contributed by atoms with Crippen LogP contribution in [0.15, 0.2) is 0 Å². The van der Waals surface area contributed by atoms with Crippen LogP contribution in [0.5, 0.6) is 0 Å². The number of hydrogen-bond acceptors (Lipinski definition) is 4. The van der Waals surface area contributed by atoms with Gasteiger partial charge in [-0.05, 0) is 0 Å². The Morgan fingerprint density at radius 2 is 0.426 bits per heavy atom. The van der Waals surface area contributed by atoms with Crippen LogP contribution in [0.4, 0.5) is 114 Å². The Labute approximate surface area is 284 Å². The van der Waals surface area contributed by atoms with Crippen LogP contribution in [-0.2, 0) is 18.1 Å². The molecule has 0 radical (unpaired) electrons. The van der Waals surface area contributed by atoms with Crippen molar-refractivity contribution in [2.75, 3.05) is 0 Å². The molecule has 3 saturated heterocycles. The summed E-state index contributed by atoms with van der Waals surface area (Å²) < 4.78 is 398. The molecule has 54 heavy (non-hydrogen) atoms. The van der Waals surface area contributed by atoms with E-state index in [0.29, 0.717) is 0 Å². The van der Waals surface area contributed by atoms with Crippen LogP contribution in [0.1, 0.15) is 0 Å². The Morgan fingerprint density at radius 1 is 0.315 bits per heavy atom. The maximum absolute atomic E-state index is 18.3. The van der Waals surface area contributed by atoms with E-state index in [1.54, 1.807) is 0 Å². The van der Waals surface area contributed by atoms with Crippen LogP contribution in [-0.4, -0.2) is 98.0 Å². The van der Waals surface area contributed by atoms with Gasteiger partial charge >= 0.3 is 284 Å². The third-order valence-corrected chi connectivity index (χ3v) is 37.5. The molecule has 3 aliphatic heterocycles. The number of halogens is 26. The first-order valence-electron chi connectivity index (χ1n) is 13.5. The average Bonchev–Trinajstić information content (AvgIpc) is 3.22. The molecule has 0 bridgehead atoms. The Balaban J connectivity index is 2.94. The third-order valence-electron chi connectivity index (χ3n) is 8.72. The van der Waals surface area contributed by atoms with Crippen LogP contribution in [0, 0.1) is 0 Å². The first kappa shape index (κ1) is 47.7. The Morgan fingerprint density at radius 3 is 0.500 bits per heavy atom. The van der Waals surface area contributed by atoms with Crippen LogP contribution < -0.4 is 0 Å². The number of rotatable bonds is 2. The minimum absolute atomic E-state index is 0.131. The topological polar surface area (TPSA) is 36.9 Å². The van der Waals surface area contributed by atoms with E-state index in [1.165, 1.54) is 0 Å². The zero-order chi connectivity index (χ0) is 43.9. The van der Waals surface area contributed by atoms with E-state index < -0.39 is 113 Å². The summed E-state index contributed by atoms with van der Waals surface area (Å²) in [4.78, 5) is 0. The second-order valence-electron chi connectivity index (χ2n) is 14.5. The van der Waals surface area contributed by atoms with Crippen molar-refractivity contribution in [1.29, 1.82) is 0 Å².